The second kappa shape index (κ2) is 7.99. The fourth-order valence-corrected chi connectivity index (χ4v) is 3.00. The largest absolute Gasteiger partial charge is 0.462 e. The minimum Gasteiger partial charge on any atom is -0.462 e. The molecule has 1 aliphatic heterocycles. The highest BCUT2D eigenvalue weighted by molar-refractivity contribution is 5.96. The van der Waals surface area contributed by atoms with Gasteiger partial charge in [-0.25, -0.2) is 9.78 Å². The fraction of sp³-hybridized carbons (Fsp3) is 0.350. The summed E-state index contributed by atoms with van der Waals surface area (Å²) < 4.78 is 5.06. The number of nitrogens with zero attached hydrogens (tertiary/aromatic N) is 2. The highest BCUT2D eigenvalue weighted by Crippen LogP contribution is 2.21. The number of nitrogens with one attached hydrogen (secondary N) is 1. The van der Waals surface area contributed by atoms with E-state index in [1.165, 1.54) is 5.56 Å². The lowest BCUT2D eigenvalue weighted by Crippen LogP contribution is -2.33. The molecule has 1 saturated heterocycles. The van der Waals surface area contributed by atoms with Crippen LogP contribution in [0.1, 0.15) is 34.8 Å². The van der Waals surface area contributed by atoms with Crippen LogP contribution >= 0.6 is 0 Å². The number of amides is 1. The van der Waals surface area contributed by atoms with E-state index < -0.39 is 5.97 Å². The predicted octanol–water partition coefficient (Wildman–Crippen LogP) is 2.78. The molecule has 26 heavy (non-hydrogen) atoms. The van der Waals surface area contributed by atoms with Crippen LogP contribution in [0.3, 0.4) is 0 Å². The number of hydrogen-bond acceptors (Lipinski definition) is 5. The van der Waals surface area contributed by atoms with Crippen molar-refractivity contribution in [1.82, 2.24) is 9.88 Å². The minimum absolute atomic E-state index is 0.0195. The zero-order chi connectivity index (χ0) is 18.5. The first kappa shape index (κ1) is 17.9. The summed E-state index contributed by atoms with van der Waals surface area (Å²) >= 11 is 0. The molecule has 2 heterocycles. The highest BCUT2D eigenvalue weighted by Gasteiger charge is 2.32. The molecule has 2 aromatic rings. The van der Waals surface area contributed by atoms with Gasteiger partial charge in [-0.1, -0.05) is 29.8 Å². The second-order valence-electron chi connectivity index (χ2n) is 6.35. The average molecular weight is 353 g/mol. The van der Waals surface area contributed by atoms with Gasteiger partial charge in [-0.2, -0.15) is 0 Å². The van der Waals surface area contributed by atoms with Crippen LogP contribution in [0.25, 0.3) is 0 Å². The Morgan fingerprint density at radius 1 is 1.31 bits per heavy atom. The molecule has 1 amide bonds. The van der Waals surface area contributed by atoms with Gasteiger partial charge in [0.15, 0.2) is 0 Å². The maximum atomic E-state index is 12.7. The van der Waals surface area contributed by atoms with Gasteiger partial charge in [-0.05, 0) is 38.0 Å². The van der Waals surface area contributed by atoms with E-state index in [0.717, 1.165) is 5.56 Å². The van der Waals surface area contributed by atoms with Crippen LogP contribution in [-0.4, -0.2) is 41.0 Å². The number of likely N-dealkylation sites (tertiary alicyclic amines) is 1. The molecule has 0 spiro atoms. The summed E-state index contributed by atoms with van der Waals surface area (Å²) in [4.78, 5) is 30.8. The fourth-order valence-electron chi connectivity index (χ4n) is 3.00. The SMILES string of the molecule is CCOC(=O)c1cccnc1NC1CCN(Cc2ccc(C)cc2)C1=O. The third-order valence-electron chi connectivity index (χ3n) is 4.41. The van der Waals surface area contributed by atoms with E-state index in [-0.39, 0.29) is 11.9 Å². The monoisotopic (exact) mass is 353 g/mol. The van der Waals surface area contributed by atoms with Crippen molar-refractivity contribution in [2.75, 3.05) is 18.5 Å². The smallest absolute Gasteiger partial charge is 0.341 e. The standard InChI is InChI=1S/C20H23N3O3/c1-3-26-20(25)16-5-4-11-21-18(16)22-17-10-12-23(19(17)24)13-15-8-6-14(2)7-9-15/h4-9,11,17H,3,10,12-13H2,1-2H3,(H,21,22). The number of aromatic nitrogens is 1. The van der Waals surface area contributed by atoms with Gasteiger partial charge in [-0.15, -0.1) is 0 Å². The van der Waals surface area contributed by atoms with Crippen LogP contribution in [0.2, 0.25) is 0 Å². The summed E-state index contributed by atoms with van der Waals surface area (Å²) in [6, 6.07) is 11.1. The molecule has 6 heteroatoms. The van der Waals surface area contributed by atoms with Crippen molar-refractivity contribution in [3.05, 3.63) is 59.3 Å². The second-order valence-corrected chi connectivity index (χ2v) is 6.35. The summed E-state index contributed by atoms with van der Waals surface area (Å²) in [6.07, 6.45) is 2.26. The number of anilines is 1. The summed E-state index contributed by atoms with van der Waals surface area (Å²) in [5.74, 6) is -0.0300. The van der Waals surface area contributed by atoms with E-state index in [2.05, 4.69) is 10.3 Å². The van der Waals surface area contributed by atoms with Crippen molar-refractivity contribution in [3.63, 3.8) is 0 Å². The Hall–Kier alpha value is -2.89. The van der Waals surface area contributed by atoms with E-state index in [4.69, 9.17) is 4.74 Å². The van der Waals surface area contributed by atoms with Gasteiger partial charge in [0, 0.05) is 19.3 Å². The number of aryl methyl sites for hydroxylation is 1. The van der Waals surface area contributed by atoms with Crippen LogP contribution in [0.4, 0.5) is 5.82 Å². The first-order valence-electron chi connectivity index (χ1n) is 8.81. The van der Waals surface area contributed by atoms with Gasteiger partial charge in [0.25, 0.3) is 0 Å². The van der Waals surface area contributed by atoms with Gasteiger partial charge < -0.3 is 15.0 Å². The van der Waals surface area contributed by atoms with Gasteiger partial charge in [0.2, 0.25) is 5.91 Å². The zero-order valence-corrected chi connectivity index (χ0v) is 15.1. The number of hydrogen-bond donors (Lipinski definition) is 1. The minimum atomic E-state index is -0.440. The Morgan fingerprint density at radius 2 is 2.08 bits per heavy atom. The Bertz CT molecular complexity index is 789. The quantitative estimate of drug-likeness (QED) is 0.809. The van der Waals surface area contributed by atoms with E-state index in [1.54, 1.807) is 25.3 Å². The number of pyridine rings is 1. The Kier molecular flexibility index (Phi) is 5.51. The number of carbonyl (C=O) groups is 2. The van der Waals surface area contributed by atoms with E-state index in [0.29, 0.717) is 37.5 Å². The molecule has 1 atom stereocenters. The number of esters is 1. The van der Waals surface area contributed by atoms with Crippen LogP contribution in [0.15, 0.2) is 42.6 Å². The number of ether oxygens (including phenoxy) is 1. The molecule has 1 aliphatic rings. The summed E-state index contributed by atoms with van der Waals surface area (Å²) in [6.45, 7) is 5.35. The summed E-state index contributed by atoms with van der Waals surface area (Å²) in [5.41, 5.74) is 2.65. The molecule has 1 aromatic carbocycles. The van der Waals surface area contributed by atoms with Gasteiger partial charge in [-0.3, -0.25) is 4.79 Å². The molecular weight excluding hydrogens is 330 g/mol. The maximum absolute atomic E-state index is 12.7. The molecule has 1 fully saturated rings. The van der Waals surface area contributed by atoms with Crippen LogP contribution in [0, 0.1) is 6.92 Å². The Balaban J connectivity index is 1.68. The lowest BCUT2D eigenvalue weighted by atomic mass is 10.1. The number of benzene rings is 1. The van der Waals surface area contributed by atoms with Crippen LogP contribution in [-0.2, 0) is 16.1 Å². The van der Waals surface area contributed by atoms with E-state index in [1.807, 2.05) is 36.1 Å². The van der Waals surface area contributed by atoms with Crippen LogP contribution < -0.4 is 5.32 Å². The van der Waals surface area contributed by atoms with Crippen LogP contribution in [0.5, 0.6) is 0 Å². The molecule has 136 valence electrons. The molecule has 6 nitrogen and oxygen atoms in total. The Morgan fingerprint density at radius 3 is 2.81 bits per heavy atom. The van der Waals surface area contributed by atoms with E-state index in [9.17, 15) is 9.59 Å². The van der Waals surface area contributed by atoms with Crippen molar-refractivity contribution < 1.29 is 14.3 Å². The molecule has 1 aromatic heterocycles. The lowest BCUT2D eigenvalue weighted by Gasteiger charge is -2.18. The third kappa shape index (κ3) is 4.02. The number of carbonyl (C=O) groups excluding carboxylic acids is 2. The molecule has 0 saturated carbocycles. The number of rotatable bonds is 6. The van der Waals surface area contributed by atoms with Crippen molar-refractivity contribution in [1.29, 1.82) is 0 Å². The molecule has 0 bridgehead atoms. The average Bonchev–Trinajstić information content (AvgIpc) is 2.98. The van der Waals surface area contributed by atoms with Crippen molar-refractivity contribution in [2.24, 2.45) is 0 Å². The molecule has 1 unspecified atom stereocenters. The molecular formula is C20H23N3O3. The van der Waals surface area contributed by atoms with E-state index >= 15 is 0 Å². The normalized spacial score (nSPS) is 16.6. The maximum Gasteiger partial charge on any atom is 0.341 e. The molecule has 3 rings (SSSR count). The van der Waals surface area contributed by atoms with Crippen molar-refractivity contribution in [2.45, 2.75) is 32.9 Å². The van der Waals surface area contributed by atoms with Crippen molar-refractivity contribution in [3.8, 4) is 0 Å². The van der Waals surface area contributed by atoms with Gasteiger partial charge in [0.1, 0.15) is 17.4 Å². The summed E-state index contributed by atoms with van der Waals surface area (Å²) in [5, 5.41) is 3.12. The topological polar surface area (TPSA) is 71.5 Å². The molecule has 0 radical (unpaired) electrons. The first-order chi connectivity index (χ1) is 12.6. The third-order valence-corrected chi connectivity index (χ3v) is 4.41. The first-order valence-corrected chi connectivity index (χ1v) is 8.81. The zero-order valence-electron chi connectivity index (χ0n) is 15.1. The highest BCUT2D eigenvalue weighted by atomic mass is 16.5. The Labute approximate surface area is 153 Å². The predicted molar refractivity (Wildman–Crippen MR) is 98.8 cm³/mol. The molecule has 1 N–H and O–H groups in total. The molecule has 0 aliphatic carbocycles. The lowest BCUT2D eigenvalue weighted by molar-refractivity contribution is -0.128. The van der Waals surface area contributed by atoms with Crippen molar-refractivity contribution >= 4 is 17.7 Å². The summed E-state index contributed by atoms with van der Waals surface area (Å²) in [7, 11) is 0. The van der Waals surface area contributed by atoms with Gasteiger partial charge >= 0.3 is 5.97 Å². The van der Waals surface area contributed by atoms with Gasteiger partial charge in [0.05, 0.1) is 6.61 Å².